The van der Waals surface area contributed by atoms with E-state index < -0.39 is 0 Å². The number of hydrogen-bond donors (Lipinski definition) is 1. The number of fused-ring (bicyclic) bond motifs is 1. The molecule has 0 saturated carbocycles. The second-order valence-corrected chi connectivity index (χ2v) is 4.61. The number of benzene rings is 1. The summed E-state index contributed by atoms with van der Waals surface area (Å²) in [5.74, 6) is 0. The smallest absolute Gasteiger partial charge is 0.332 e. The van der Waals surface area contributed by atoms with E-state index in [0.717, 1.165) is 18.8 Å². The number of nitrogens with zero attached hydrogens (tertiary/aromatic N) is 2. The lowest BCUT2D eigenvalue weighted by atomic mass is 10.1. The third-order valence-electron chi connectivity index (χ3n) is 3.46. The number of nitrogens with one attached hydrogen (secondary N) is 1. The summed E-state index contributed by atoms with van der Waals surface area (Å²) in [6, 6.07) is 8.12. The van der Waals surface area contributed by atoms with Crippen molar-refractivity contribution in [1.29, 1.82) is 0 Å². The van der Waals surface area contributed by atoms with Gasteiger partial charge in [0.15, 0.2) is 0 Å². The van der Waals surface area contributed by atoms with Crippen LogP contribution < -0.4 is 10.3 Å². The number of rotatable bonds is 1. The summed E-state index contributed by atoms with van der Waals surface area (Å²) >= 11 is 0. The first kappa shape index (κ1) is 10.6. The Bertz CT molecular complexity index is 426. The monoisotopic (exact) mass is 231 g/mol. The molecule has 0 aromatic heterocycles. The van der Waals surface area contributed by atoms with Crippen LogP contribution in [0.15, 0.2) is 24.3 Å². The molecule has 0 spiro atoms. The molecule has 2 aliphatic heterocycles. The second-order valence-electron chi connectivity index (χ2n) is 4.61. The van der Waals surface area contributed by atoms with Gasteiger partial charge in [0.05, 0.1) is 5.69 Å². The standard InChI is InChI=1S/C13H17N3O/c17-13-14-10-11-6-2-3-7-12(11)16(13)15-8-4-1-5-9-15/h2-3,6-7H,1,4-5,8-10H2,(H,14,17). The zero-order valence-electron chi connectivity index (χ0n) is 9.85. The third-order valence-corrected chi connectivity index (χ3v) is 3.46. The van der Waals surface area contributed by atoms with Gasteiger partial charge in [0.2, 0.25) is 0 Å². The maximum absolute atomic E-state index is 12.0. The predicted molar refractivity (Wildman–Crippen MR) is 66.6 cm³/mol. The summed E-state index contributed by atoms with van der Waals surface area (Å²) in [5, 5.41) is 6.91. The Hall–Kier alpha value is -1.55. The van der Waals surface area contributed by atoms with Crippen LogP contribution in [0.1, 0.15) is 24.8 Å². The van der Waals surface area contributed by atoms with E-state index in [2.05, 4.69) is 16.4 Å². The Balaban J connectivity index is 1.94. The van der Waals surface area contributed by atoms with Gasteiger partial charge in [0.1, 0.15) is 0 Å². The Labute approximate surface area is 101 Å². The number of carbonyl (C=O) groups is 1. The quantitative estimate of drug-likeness (QED) is 0.803. The molecule has 0 bridgehead atoms. The molecular weight excluding hydrogens is 214 g/mol. The van der Waals surface area contributed by atoms with Crippen LogP contribution in [0.25, 0.3) is 0 Å². The molecule has 3 rings (SSSR count). The predicted octanol–water partition coefficient (Wildman–Crippen LogP) is 2.12. The van der Waals surface area contributed by atoms with Gasteiger partial charge < -0.3 is 5.32 Å². The van der Waals surface area contributed by atoms with Gasteiger partial charge in [0.25, 0.3) is 0 Å². The summed E-state index contributed by atoms with van der Waals surface area (Å²) in [6.07, 6.45) is 3.62. The van der Waals surface area contributed by atoms with Crippen molar-refractivity contribution in [2.24, 2.45) is 0 Å². The minimum absolute atomic E-state index is 0.00519. The van der Waals surface area contributed by atoms with Crippen molar-refractivity contribution in [3.8, 4) is 0 Å². The van der Waals surface area contributed by atoms with E-state index in [-0.39, 0.29) is 6.03 Å². The molecule has 0 unspecified atom stereocenters. The highest BCUT2D eigenvalue weighted by molar-refractivity contribution is 5.93. The summed E-state index contributed by atoms with van der Waals surface area (Å²) < 4.78 is 0. The second kappa shape index (κ2) is 4.37. The highest BCUT2D eigenvalue weighted by atomic mass is 16.2. The lowest BCUT2D eigenvalue weighted by molar-refractivity contribution is 0.188. The number of urea groups is 1. The van der Waals surface area contributed by atoms with Crippen LogP contribution in [0.4, 0.5) is 10.5 Å². The van der Waals surface area contributed by atoms with Crippen LogP contribution in [0.3, 0.4) is 0 Å². The fourth-order valence-corrected chi connectivity index (χ4v) is 2.58. The fourth-order valence-electron chi connectivity index (χ4n) is 2.58. The topological polar surface area (TPSA) is 35.6 Å². The maximum Gasteiger partial charge on any atom is 0.336 e. The highest BCUT2D eigenvalue weighted by Gasteiger charge is 2.29. The Kier molecular flexibility index (Phi) is 2.73. The minimum Gasteiger partial charge on any atom is -0.332 e. The first-order chi connectivity index (χ1) is 8.36. The van der Waals surface area contributed by atoms with E-state index >= 15 is 0 Å². The third kappa shape index (κ3) is 1.89. The molecule has 0 radical (unpaired) electrons. The fraction of sp³-hybridized carbons (Fsp3) is 0.462. The average Bonchev–Trinajstić information content (AvgIpc) is 2.39. The van der Waals surface area contributed by atoms with E-state index in [0.29, 0.717) is 6.54 Å². The summed E-state index contributed by atoms with van der Waals surface area (Å²) in [4.78, 5) is 12.0. The zero-order valence-corrected chi connectivity index (χ0v) is 9.85. The largest absolute Gasteiger partial charge is 0.336 e. The van der Waals surface area contributed by atoms with Gasteiger partial charge >= 0.3 is 6.03 Å². The average molecular weight is 231 g/mol. The van der Waals surface area contributed by atoms with Crippen molar-refractivity contribution in [2.45, 2.75) is 25.8 Å². The van der Waals surface area contributed by atoms with Crippen molar-refractivity contribution in [2.75, 3.05) is 18.1 Å². The van der Waals surface area contributed by atoms with Crippen molar-refractivity contribution >= 4 is 11.7 Å². The number of hydrazine groups is 1. The van der Waals surface area contributed by atoms with Gasteiger partial charge in [-0.3, -0.25) is 0 Å². The number of para-hydroxylation sites is 1. The Morgan fingerprint density at radius 1 is 1.06 bits per heavy atom. The molecule has 1 aromatic rings. The van der Waals surface area contributed by atoms with Gasteiger partial charge in [-0.15, -0.1) is 0 Å². The molecular formula is C13H17N3O. The lowest BCUT2D eigenvalue weighted by Gasteiger charge is -2.40. The van der Waals surface area contributed by atoms with Crippen LogP contribution in [0, 0.1) is 0 Å². The summed E-state index contributed by atoms with van der Waals surface area (Å²) in [6.45, 7) is 2.59. The summed E-state index contributed by atoms with van der Waals surface area (Å²) in [5.41, 5.74) is 2.23. The number of anilines is 1. The van der Waals surface area contributed by atoms with Crippen molar-refractivity contribution < 1.29 is 4.79 Å². The van der Waals surface area contributed by atoms with Crippen LogP contribution in [-0.2, 0) is 6.54 Å². The molecule has 4 heteroatoms. The van der Waals surface area contributed by atoms with Gasteiger partial charge in [-0.25, -0.2) is 14.8 Å². The minimum atomic E-state index is 0.00519. The zero-order chi connectivity index (χ0) is 11.7. The lowest BCUT2D eigenvalue weighted by Crippen LogP contribution is -2.55. The molecule has 4 nitrogen and oxygen atoms in total. The van der Waals surface area contributed by atoms with Crippen molar-refractivity contribution in [3.63, 3.8) is 0 Å². The van der Waals surface area contributed by atoms with E-state index in [1.165, 1.54) is 24.8 Å². The first-order valence-corrected chi connectivity index (χ1v) is 6.27. The molecule has 2 heterocycles. The van der Waals surface area contributed by atoms with Gasteiger partial charge in [-0.1, -0.05) is 24.6 Å². The molecule has 17 heavy (non-hydrogen) atoms. The van der Waals surface area contributed by atoms with Crippen LogP contribution >= 0.6 is 0 Å². The van der Waals surface area contributed by atoms with E-state index in [9.17, 15) is 4.79 Å². The number of hydrogen-bond acceptors (Lipinski definition) is 2. The highest BCUT2D eigenvalue weighted by Crippen LogP contribution is 2.27. The van der Waals surface area contributed by atoms with Crippen molar-refractivity contribution in [3.05, 3.63) is 29.8 Å². The van der Waals surface area contributed by atoms with Crippen molar-refractivity contribution in [1.82, 2.24) is 10.3 Å². The molecule has 1 fully saturated rings. The first-order valence-electron chi connectivity index (χ1n) is 6.27. The van der Waals surface area contributed by atoms with E-state index in [1.54, 1.807) is 0 Å². The molecule has 0 atom stereocenters. The van der Waals surface area contributed by atoms with Crippen LogP contribution in [-0.4, -0.2) is 24.1 Å². The number of amides is 2. The number of piperidine rings is 1. The van der Waals surface area contributed by atoms with Gasteiger partial charge in [-0.2, -0.15) is 0 Å². The van der Waals surface area contributed by atoms with Crippen LogP contribution in [0.2, 0.25) is 0 Å². The van der Waals surface area contributed by atoms with Crippen LogP contribution in [0.5, 0.6) is 0 Å². The molecule has 1 aromatic carbocycles. The number of carbonyl (C=O) groups excluding carboxylic acids is 1. The molecule has 90 valence electrons. The summed E-state index contributed by atoms with van der Waals surface area (Å²) in [7, 11) is 0. The molecule has 2 amide bonds. The van der Waals surface area contributed by atoms with Gasteiger partial charge in [-0.05, 0) is 24.5 Å². The molecule has 1 saturated heterocycles. The molecule has 2 aliphatic rings. The molecule has 1 N–H and O–H groups in total. The van der Waals surface area contributed by atoms with E-state index in [1.807, 2.05) is 23.2 Å². The maximum atomic E-state index is 12.0. The SMILES string of the molecule is O=C1NCc2ccccc2N1N1CCCCC1. The Morgan fingerprint density at radius 3 is 2.65 bits per heavy atom. The van der Waals surface area contributed by atoms with E-state index in [4.69, 9.17) is 0 Å². The normalized spacial score (nSPS) is 20.9. The molecule has 0 aliphatic carbocycles. The van der Waals surface area contributed by atoms with Gasteiger partial charge in [0, 0.05) is 19.6 Å². The Morgan fingerprint density at radius 2 is 1.82 bits per heavy atom.